The van der Waals surface area contributed by atoms with Crippen LogP contribution in [-0.2, 0) is 4.79 Å². The molecule has 6 heteroatoms. The summed E-state index contributed by atoms with van der Waals surface area (Å²) in [6, 6.07) is 3.90. The summed E-state index contributed by atoms with van der Waals surface area (Å²) in [7, 11) is 0. The molecule has 1 atom stereocenters. The molecule has 0 amide bonds. The number of aromatic nitrogens is 3. The van der Waals surface area contributed by atoms with E-state index in [9.17, 15) is 4.79 Å². The average Bonchev–Trinajstić information content (AvgIpc) is 2.87. The van der Waals surface area contributed by atoms with Gasteiger partial charge in [-0.1, -0.05) is 0 Å². The van der Waals surface area contributed by atoms with Crippen LogP contribution in [0.1, 0.15) is 12.8 Å². The van der Waals surface area contributed by atoms with E-state index in [0.717, 1.165) is 30.7 Å². The molecule has 6 nitrogen and oxygen atoms in total. The third kappa shape index (κ3) is 1.79. The lowest BCUT2D eigenvalue weighted by Crippen LogP contribution is -2.39. The van der Waals surface area contributed by atoms with E-state index in [-0.39, 0.29) is 5.92 Å². The Morgan fingerprint density at radius 3 is 3.22 bits per heavy atom. The van der Waals surface area contributed by atoms with E-state index < -0.39 is 5.97 Å². The van der Waals surface area contributed by atoms with Crippen LogP contribution in [0.5, 0.6) is 0 Å². The Kier molecular flexibility index (Phi) is 2.62. The van der Waals surface area contributed by atoms with Gasteiger partial charge in [0.05, 0.1) is 11.4 Å². The molecule has 18 heavy (non-hydrogen) atoms. The number of piperidine rings is 1. The zero-order chi connectivity index (χ0) is 12.5. The van der Waals surface area contributed by atoms with Crippen LogP contribution in [-0.4, -0.2) is 38.8 Å². The van der Waals surface area contributed by atoms with Gasteiger partial charge >= 0.3 is 5.97 Å². The van der Waals surface area contributed by atoms with Gasteiger partial charge in [0.15, 0.2) is 5.82 Å². The number of fused-ring (bicyclic) bond motifs is 1. The quantitative estimate of drug-likeness (QED) is 0.857. The Labute approximate surface area is 104 Å². The second kappa shape index (κ2) is 4.29. The smallest absolute Gasteiger partial charge is 0.308 e. The fourth-order valence-corrected chi connectivity index (χ4v) is 2.47. The Morgan fingerprint density at radius 1 is 1.50 bits per heavy atom. The van der Waals surface area contributed by atoms with E-state index in [1.807, 2.05) is 27.6 Å². The van der Waals surface area contributed by atoms with E-state index in [4.69, 9.17) is 5.11 Å². The van der Waals surface area contributed by atoms with Gasteiger partial charge in [0.1, 0.15) is 6.33 Å². The summed E-state index contributed by atoms with van der Waals surface area (Å²) in [5.41, 5.74) is 0.969. The maximum atomic E-state index is 11.1. The van der Waals surface area contributed by atoms with Crippen LogP contribution >= 0.6 is 0 Å². The minimum atomic E-state index is -0.727. The highest BCUT2D eigenvalue weighted by Crippen LogP contribution is 2.24. The Hall–Kier alpha value is -2.11. The lowest BCUT2D eigenvalue weighted by atomic mass is 9.98. The molecule has 3 rings (SSSR count). The van der Waals surface area contributed by atoms with E-state index in [1.54, 1.807) is 6.33 Å². The van der Waals surface area contributed by atoms with Crippen LogP contribution in [0.3, 0.4) is 0 Å². The van der Waals surface area contributed by atoms with Crippen molar-refractivity contribution in [3.05, 3.63) is 24.7 Å². The maximum Gasteiger partial charge on any atom is 0.308 e. The van der Waals surface area contributed by atoms with Crippen molar-refractivity contribution in [2.75, 3.05) is 18.0 Å². The average molecular weight is 246 g/mol. The SMILES string of the molecule is O=C(O)[C@@H]1CCCN(c2nncn3cccc23)C1. The van der Waals surface area contributed by atoms with Crippen molar-refractivity contribution in [1.82, 2.24) is 14.6 Å². The van der Waals surface area contributed by atoms with Gasteiger partial charge in [-0.2, -0.15) is 0 Å². The summed E-state index contributed by atoms with van der Waals surface area (Å²) in [6.07, 6.45) is 5.17. The molecule has 0 aliphatic carbocycles. The van der Waals surface area contributed by atoms with Gasteiger partial charge in [-0.15, -0.1) is 10.2 Å². The molecule has 0 radical (unpaired) electrons. The van der Waals surface area contributed by atoms with Crippen molar-refractivity contribution >= 4 is 17.3 Å². The van der Waals surface area contributed by atoms with Crippen molar-refractivity contribution < 1.29 is 9.90 Å². The highest BCUT2D eigenvalue weighted by Gasteiger charge is 2.27. The zero-order valence-corrected chi connectivity index (χ0v) is 9.86. The molecule has 2 aromatic rings. The summed E-state index contributed by atoms with van der Waals surface area (Å²) >= 11 is 0. The van der Waals surface area contributed by atoms with E-state index in [1.165, 1.54) is 0 Å². The number of anilines is 1. The van der Waals surface area contributed by atoms with Gasteiger partial charge in [0, 0.05) is 19.3 Å². The molecular formula is C12H14N4O2. The minimum absolute atomic E-state index is 0.309. The van der Waals surface area contributed by atoms with Gasteiger partial charge in [-0.05, 0) is 25.0 Å². The number of carboxylic acid groups (broad SMARTS) is 1. The number of hydrogen-bond donors (Lipinski definition) is 1. The lowest BCUT2D eigenvalue weighted by molar-refractivity contribution is -0.141. The topological polar surface area (TPSA) is 70.7 Å². The van der Waals surface area contributed by atoms with E-state index in [2.05, 4.69) is 10.2 Å². The molecule has 0 bridgehead atoms. The molecule has 0 spiro atoms. The first-order valence-electron chi connectivity index (χ1n) is 6.02. The lowest BCUT2D eigenvalue weighted by Gasteiger charge is -2.31. The highest BCUT2D eigenvalue weighted by molar-refractivity contribution is 5.73. The summed E-state index contributed by atoms with van der Waals surface area (Å²) in [5.74, 6) is -0.265. The summed E-state index contributed by atoms with van der Waals surface area (Å²) < 4.78 is 1.90. The fraction of sp³-hybridized carbons (Fsp3) is 0.417. The standard InChI is InChI=1S/C12H14N4O2/c17-12(18)9-3-1-5-15(7-9)11-10-4-2-6-16(10)8-13-14-11/h2,4,6,8-9H,1,3,5,7H2,(H,17,18)/t9-/m1/s1. The molecule has 2 aromatic heterocycles. The summed E-state index contributed by atoms with van der Waals surface area (Å²) in [6.45, 7) is 1.35. The number of hydrogen-bond acceptors (Lipinski definition) is 4. The predicted molar refractivity (Wildman–Crippen MR) is 65.6 cm³/mol. The van der Waals surface area contributed by atoms with Crippen molar-refractivity contribution in [3.8, 4) is 0 Å². The fourth-order valence-electron chi connectivity index (χ4n) is 2.47. The first kappa shape index (κ1) is 11.0. The van der Waals surface area contributed by atoms with Crippen molar-refractivity contribution in [3.63, 3.8) is 0 Å². The molecule has 94 valence electrons. The molecule has 1 saturated heterocycles. The normalized spacial score (nSPS) is 20.2. The van der Waals surface area contributed by atoms with Crippen LogP contribution in [0.25, 0.3) is 5.52 Å². The first-order chi connectivity index (χ1) is 8.75. The number of carboxylic acids is 1. The van der Waals surface area contributed by atoms with Crippen molar-refractivity contribution in [1.29, 1.82) is 0 Å². The van der Waals surface area contributed by atoms with Crippen LogP contribution in [0.4, 0.5) is 5.82 Å². The van der Waals surface area contributed by atoms with Crippen LogP contribution < -0.4 is 4.90 Å². The van der Waals surface area contributed by atoms with E-state index >= 15 is 0 Å². The molecule has 3 heterocycles. The molecule has 1 aliphatic rings. The molecule has 0 saturated carbocycles. The molecule has 0 aromatic carbocycles. The zero-order valence-electron chi connectivity index (χ0n) is 9.86. The number of rotatable bonds is 2. The third-order valence-corrected chi connectivity index (χ3v) is 3.41. The van der Waals surface area contributed by atoms with Gasteiger partial charge in [0.25, 0.3) is 0 Å². The van der Waals surface area contributed by atoms with Gasteiger partial charge in [-0.25, -0.2) is 0 Å². The van der Waals surface area contributed by atoms with Crippen LogP contribution in [0.2, 0.25) is 0 Å². The summed E-state index contributed by atoms with van der Waals surface area (Å²) in [4.78, 5) is 13.1. The number of aliphatic carboxylic acids is 1. The molecule has 0 unspecified atom stereocenters. The molecule has 1 aliphatic heterocycles. The maximum absolute atomic E-state index is 11.1. The van der Waals surface area contributed by atoms with Crippen LogP contribution in [0.15, 0.2) is 24.7 Å². The highest BCUT2D eigenvalue weighted by atomic mass is 16.4. The Balaban J connectivity index is 1.94. The number of nitrogens with zero attached hydrogens (tertiary/aromatic N) is 4. The van der Waals surface area contributed by atoms with Crippen molar-refractivity contribution in [2.45, 2.75) is 12.8 Å². The monoisotopic (exact) mass is 246 g/mol. The van der Waals surface area contributed by atoms with Gasteiger partial charge in [-0.3, -0.25) is 4.79 Å². The summed E-state index contributed by atoms with van der Waals surface area (Å²) in [5, 5.41) is 17.2. The molecular weight excluding hydrogens is 232 g/mol. The van der Waals surface area contributed by atoms with Crippen molar-refractivity contribution in [2.24, 2.45) is 5.92 Å². The first-order valence-corrected chi connectivity index (χ1v) is 6.02. The third-order valence-electron chi connectivity index (χ3n) is 3.41. The van der Waals surface area contributed by atoms with Gasteiger partial charge < -0.3 is 14.4 Å². The molecule has 1 N–H and O–H groups in total. The Bertz CT molecular complexity index is 580. The second-order valence-corrected chi connectivity index (χ2v) is 4.58. The van der Waals surface area contributed by atoms with E-state index in [0.29, 0.717) is 6.54 Å². The Morgan fingerprint density at radius 2 is 2.39 bits per heavy atom. The van der Waals surface area contributed by atoms with Crippen LogP contribution in [0, 0.1) is 5.92 Å². The second-order valence-electron chi connectivity index (χ2n) is 4.58. The molecule has 1 fully saturated rings. The largest absolute Gasteiger partial charge is 0.481 e. The predicted octanol–water partition coefficient (Wildman–Crippen LogP) is 1.03. The minimum Gasteiger partial charge on any atom is -0.481 e. The number of carbonyl (C=O) groups is 1. The van der Waals surface area contributed by atoms with Gasteiger partial charge in [0.2, 0.25) is 0 Å².